The summed E-state index contributed by atoms with van der Waals surface area (Å²) in [4.78, 5) is 13.5. The lowest BCUT2D eigenvalue weighted by atomic mass is 10.0. The fraction of sp³-hybridized carbons (Fsp3) is 0.462. The molecule has 0 saturated carbocycles. The summed E-state index contributed by atoms with van der Waals surface area (Å²) in [5, 5.41) is 0. The molecule has 1 saturated heterocycles. The maximum absolute atomic E-state index is 11.3. The van der Waals surface area contributed by atoms with Gasteiger partial charge >= 0.3 is 0 Å². The number of carbonyl (C=O) groups excluding carboxylic acids is 1. The number of carbonyl (C=O) groups is 1. The zero-order valence-electron chi connectivity index (χ0n) is 10.1. The van der Waals surface area contributed by atoms with Crippen LogP contribution in [0.2, 0.25) is 0 Å². The quantitative estimate of drug-likeness (QED) is 0.764. The van der Waals surface area contributed by atoms with Crippen LogP contribution >= 0.6 is 0 Å². The molecule has 4 heteroatoms. The van der Waals surface area contributed by atoms with E-state index in [4.69, 9.17) is 11.5 Å². The van der Waals surface area contributed by atoms with Crippen LogP contribution in [0.4, 0.5) is 11.4 Å². The zero-order valence-corrected chi connectivity index (χ0v) is 10.1. The smallest absolute Gasteiger partial charge is 0.250 e. The number of hydrogen-bond donors (Lipinski definition) is 2. The van der Waals surface area contributed by atoms with E-state index in [0.29, 0.717) is 17.3 Å². The van der Waals surface area contributed by atoms with Crippen molar-refractivity contribution in [1.29, 1.82) is 0 Å². The normalized spacial score (nSPS) is 20.3. The van der Waals surface area contributed by atoms with Gasteiger partial charge in [-0.1, -0.05) is 6.07 Å². The predicted octanol–water partition coefficient (Wildman–Crippen LogP) is 1.75. The number of primary amides is 1. The molecular formula is C13H19N3O. The van der Waals surface area contributed by atoms with Crippen LogP contribution in [-0.2, 0) is 0 Å². The third-order valence-electron chi connectivity index (χ3n) is 3.46. The van der Waals surface area contributed by atoms with Gasteiger partial charge < -0.3 is 16.4 Å². The molecular weight excluding hydrogens is 214 g/mol. The highest BCUT2D eigenvalue weighted by molar-refractivity contribution is 6.00. The summed E-state index contributed by atoms with van der Waals surface area (Å²) >= 11 is 0. The number of para-hydroxylation sites is 1. The summed E-state index contributed by atoms with van der Waals surface area (Å²) in [6.07, 6.45) is 3.60. The number of benzene rings is 1. The molecule has 1 amide bonds. The molecule has 92 valence electrons. The molecule has 1 heterocycles. The van der Waals surface area contributed by atoms with Crippen molar-refractivity contribution in [3.05, 3.63) is 23.8 Å². The largest absolute Gasteiger partial charge is 0.396 e. The van der Waals surface area contributed by atoms with Crippen molar-refractivity contribution >= 4 is 17.3 Å². The molecule has 1 aromatic carbocycles. The first-order chi connectivity index (χ1) is 8.11. The molecule has 1 aliphatic rings. The van der Waals surface area contributed by atoms with Crippen LogP contribution in [0.15, 0.2) is 18.2 Å². The average molecular weight is 233 g/mol. The number of piperidine rings is 1. The molecule has 17 heavy (non-hydrogen) atoms. The van der Waals surface area contributed by atoms with E-state index in [1.165, 1.54) is 19.3 Å². The van der Waals surface area contributed by atoms with Crippen LogP contribution in [0.3, 0.4) is 0 Å². The molecule has 0 spiro atoms. The van der Waals surface area contributed by atoms with Crippen LogP contribution in [0.25, 0.3) is 0 Å². The van der Waals surface area contributed by atoms with Gasteiger partial charge in [-0.2, -0.15) is 0 Å². The minimum atomic E-state index is -0.464. The Kier molecular flexibility index (Phi) is 3.22. The predicted molar refractivity (Wildman–Crippen MR) is 70.0 cm³/mol. The van der Waals surface area contributed by atoms with E-state index >= 15 is 0 Å². The first kappa shape index (κ1) is 11.8. The van der Waals surface area contributed by atoms with E-state index in [0.717, 1.165) is 12.2 Å². The van der Waals surface area contributed by atoms with Crippen LogP contribution in [0.5, 0.6) is 0 Å². The van der Waals surface area contributed by atoms with Gasteiger partial charge in [0.25, 0.3) is 5.91 Å². The highest BCUT2D eigenvalue weighted by Gasteiger charge is 2.21. The van der Waals surface area contributed by atoms with Crippen LogP contribution < -0.4 is 16.4 Å². The van der Waals surface area contributed by atoms with Gasteiger partial charge in [-0.05, 0) is 38.3 Å². The van der Waals surface area contributed by atoms with Crippen molar-refractivity contribution in [2.24, 2.45) is 5.73 Å². The van der Waals surface area contributed by atoms with E-state index in [1.807, 2.05) is 12.1 Å². The van der Waals surface area contributed by atoms with E-state index in [2.05, 4.69) is 11.8 Å². The number of nitrogens with two attached hydrogens (primary N) is 2. The molecule has 0 radical (unpaired) electrons. The summed E-state index contributed by atoms with van der Waals surface area (Å²) in [6, 6.07) is 5.95. The molecule has 1 aliphatic heterocycles. The number of nitrogen functional groups attached to an aromatic ring is 1. The Morgan fingerprint density at radius 1 is 1.41 bits per heavy atom. The van der Waals surface area contributed by atoms with E-state index in [-0.39, 0.29) is 0 Å². The van der Waals surface area contributed by atoms with E-state index in [9.17, 15) is 4.79 Å². The number of hydrogen-bond acceptors (Lipinski definition) is 3. The van der Waals surface area contributed by atoms with Crippen molar-refractivity contribution in [3.8, 4) is 0 Å². The Labute approximate surface area is 102 Å². The molecule has 0 aromatic heterocycles. The molecule has 0 aliphatic carbocycles. The zero-order chi connectivity index (χ0) is 12.4. The van der Waals surface area contributed by atoms with Gasteiger partial charge in [0, 0.05) is 12.6 Å². The molecule has 0 bridgehead atoms. The SMILES string of the molecule is CC1CCCCN1c1cccc(C(N)=O)c1N. The summed E-state index contributed by atoms with van der Waals surface area (Å²) in [6.45, 7) is 3.18. The fourth-order valence-corrected chi connectivity index (χ4v) is 2.47. The Balaban J connectivity index is 2.38. The van der Waals surface area contributed by atoms with Crippen molar-refractivity contribution in [1.82, 2.24) is 0 Å². The molecule has 4 nitrogen and oxygen atoms in total. The van der Waals surface area contributed by atoms with Gasteiger partial charge in [-0.25, -0.2) is 0 Å². The van der Waals surface area contributed by atoms with Crippen molar-refractivity contribution in [2.75, 3.05) is 17.2 Å². The minimum absolute atomic E-state index is 0.417. The van der Waals surface area contributed by atoms with Crippen LogP contribution in [0.1, 0.15) is 36.5 Å². The molecule has 2 rings (SSSR count). The number of nitrogens with zero attached hydrogens (tertiary/aromatic N) is 1. The molecule has 1 unspecified atom stereocenters. The first-order valence-corrected chi connectivity index (χ1v) is 6.06. The number of rotatable bonds is 2. The second-order valence-electron chi connectivity index (χ2n) is 4.64. The second kappa shape index (κ2) is 4.65. The summed E-state index contributed by atoms with van der Waals surface area (Å²) < 4.78 is 0. The Bertz CT molecular complexity index is 431. The number of anilines is 2. The summed E-state index contributed by atoms with van der Waals surface area (Å²) in [7, 11) is 0. The molecule has 1 fully saturated rings. The maximum Gasteiger partial charge on any atom is 0.250 e. The van der Waals surface area contributed by atoms with Gasteiger partial charge in [0.2, 0.25) is 0 Å². The lowest BCUT2D eigenvalue weighted by molar-refractivity contribution is 0.100. The van der Waals surface area contributed by atoms with Crippen molar-refractivity contribution in [3.63, 3.8) is 0 Å². The van der Waals surface area contributed by atoms with Gasteiger partial charge in [-0.3, -0.25) is 4.79 Å². The van der Waals surface area contributed by atoms with Gasteiger partial charge in [-0.15, -0.1) is 0 Å². The first-order valence-electron chi connectivity index (χ1n) is 6.06. The molecule has 1 atom stereocenters. The Hall–Kier alpha value is -1.71. The van der Waals surface area contributed by atoms with Crippen molar-refractivity contribution in [2.45, 2.75) is 32.2 Å². The van der Waals surface area contributed by atoms with Gasteiger partial charge in [0.15, 0.2) is 0 Å². The third-order valence-corrected chi connectivity index (χ3v) is 3.46. The molecule has 4 N–H and O–H groups in total. The van der Waals surface area contributed by atoms with Gasteiger partial charge in [0.1, 0.15) is 0 Å². The van der Waals surface area contributed by atoms with E-state index in [1.54, 1.807) is 6.07 Å². The monoisotopic (exact) mass is 233 g/mol. The maximum atomic E-state index is 11.3. The lowest BCUT2D eigenvalue weighted by Gasteiger charge is -2.36. The highest BCUT2D eigenvalue weighted by atomic mass is 16.1. The fourth-order valence-electron chi connectivity index (χ4n) is 2.47. The van der Waals surface area contributed by atoms with E-state index < -0.39 is 5.91 Å². The minimum Gasteiger partial charge on any atom is -0.396 e. The topological polar surface area (TPSA) is 72.3 Å². The third kappa shape index (κ3) is 2.20. The average Bonchev–Trinajstić information content (AvgIpc) is 2.30. The standard InChI is InChI=1S/C13H19N3O/c1-9-5-2-3-8-16(9)11-7-4-6-10(12(11)14)13(15)17/h4,6-7,9H,2-3,5,8,14H2,1H3,(H2,15,17). The van der Waals surface area contributed by atoms with Crippen LogP contribution in [0, 0.1) is 0 Å². The van der Waals surface area contributed by atoms with Crippen LogP contribution in [-0.4, -0.2) is 18.5 Å². The summed E-state index contributed by atoms with van der Waals surface area (Å²) in [5.74, 6) is -0.464. The Morgan fingerprint density at radius 3 is 2.82 bits per heavy atom. The van der Waals surface area contributed by atoms with Crippen molar-refractivity contribution < 1.29 is 4.79 Å². The lowest BCUT2D eigenvalue weighted by Crippen LogP contribution is -2.38. The summed E-state index contributed by atoms with van der Waals surface area (Å²) in [5.41, 5.74) is 13.2. The number of amides is 1. The Morgan fingerprint density at radius 2 is 2.18 bits per heavy atom. The second-order valence-corrected chi connectivity index (χ2v) is 4.64. The highest BCUT2D eigenvalue weighted by Crippen LogP contribution is 2.31. The molecule has 1 aromatic rings. The van der Waals surface area contributed by atoms with Gasteiger partial charge in [0.05, 0.1) is 16.9 Å².